The number of thioether (sulfide) groups is 1. The zero-order valence-electron chi connectivity index (χ0n) is 13.1. The summed E-state index contributed by atoms with van der Waals surface area (Å²) in [4.78, 5) is 18.3. The van der Waals surface area contributed by atoms with Gasteiger partial charge in [0.2, 0.25) is 17.2 Å². The molecule has 1 aromatic carbocycles. The Morgan fingerprint density at radius 3 is 3.20 bits per heavy atom. The molecule has 2 unspecified atom stereocenters. The van der Waals surface area contributed by atoms with E-state index in [-0.39, 0.29) is 16.9 Å². The molecule has 1 saturated heterocycles. The van der Waals surface area contributed by atoms with Gasteiger partial charge in [0.05, 0.1) is 27.3 Å². The van der Waals surface area contributed by atoms with E-state index in [1.165, 1.54) is 0 Å². The van der Waals surface area contributed by atoms with Gasteiger partial charge in [0.25, 0.3) is 0 Å². The summed E-state index contributed by atoms with van der Waals surface area (Å²) in [5.41, 5.74) is 2.82. The Kier molecular flexibility index (Phi) is 1.94. The Labute approximate surface area is 146 Å². The first kappa shape index (κ1) is 13.1. The largest absolute Gasteiger partial charge is 0.504 e. The summed E-state index contributed by atoms with van der Waals surface area (Å²) in [5, 5.41) is 27.7. The molecule has 0 amide bonds. The molecular formula is C18H14N3O3S+. The highest BCUT2D eigenvalue weighted by atomic mass is 32.2. The number of benzene rings is 1. The van der Waals surface area contributed by atoms with Gasteiger partial charge < -0.3 is 15.5 Å². The molecule has 1 aromatic rings. The lowest BCUT2D eigenvalue weighted by molar-refractivity contribution is -0.123. The Bertz CT molecular complexity index is 1150. The van der Waals surface area contributed by atoms with Gasteiger partial charge in [-0.25, -0.2) is 4.58 Å². The average molecular weight is 352 g/mol. The van der Waals surface area contributed by atoms with Crippen molar-refractivity contribution in [3.8, 4) is 5.75 Å². The SMILES string of the molecule is O=C1C=C2S[C@H]3CC24c2c(c(O)c5c6c2=[N+](CCC=6C=N5)C1[C@H]4O)N3. The number of rotatable bonds is 0. The van der Waals surface area contributed by atoms with Crippen LogP contribution in [0.1, 0.15) is 18.4 Å². The topological polar surface area (TPSA) is 84.9 Å². The molecule has 0 aromatic heterocycles. The molecule has 1 spiro atoms. The number of aromatic hydroxyl groups is 1. The quantitative estimate of drug-likeness (QED) is 0.433. The molecule has 0 radical (unpaired) electrons. The predicted molar refractivity (Wildman–Crippen MR) is 93.8 cm³/mol. The van der Waals surface area contributed by atoms with Crippen LogP contribution in [0.2, 0.25) is 0 Å². The number of nitrogens with zero attached hydrogens (tertiary/aromatic N) is 2. The summed E-state index contributed by atoms with van der Waals surface area (Å²) in [7, 11) is 0. The maximum absolute atomic E-state index is 12.8. The molecule has 5 aliphatic heterocycles. The highest BCUT2D eigenvalue weighted by molar-refractivity contribution is 8.04. The summed E-state index contributed by atoms with van der Waals surface area (Å²) in [6, 6.07) is -0.530. The van der Waals surface area contributed by atoms with Crippen molar-refractivity contribution in [3.05, 3.63) is 27.1 Å². The third-order valence-electron chi connectivity index (χ3n) is 6.67. The first-order valence-electron chi connectivity index (χ1n) is 8.59. The van der Waals surface area contributed by atoms with Crippen LogP contribution in [-0.4, -0.2) is 46.3 Å². The van der Waals surface area contributed by atoms with Crippen molar-refractivity contribution in [2.45, 2.75) is 35.8 Å². The zero-order valence-corrected chi connectivity index (χ0v) is 13.9. The van der Waals surface area contributed by atoms with Crippen LogP contribution in [0.4, 0.5) is 11.4 Å². The van der Waals surface area contributed by atoms with Crippen molar-refractivity contribution in [2.75, 3.05) is 11.9 Å². The van der Waals surface area contributed by atoms with Crippen LogP contribution in [0.25, 0.3) is 5.57 Å². The van der Waals surface area contributed by atoms with Gasteiger partial charge in [0.1, 0.15) is 18.3 Å². The van der Waals surface area contributed by atoms with Crippen LogP contribution >= 0.6 is 11.8 Å². The molecular weight excluding hydrogens is 338 g/mol. The van der Waals surface area contributed by atoms with Crippen LogP contribution < -0.4 is 20.5 Å². The van der Waals surface area contributed by atoms with E-state index in [1.54, 1.807) is 17.8 Å². The number of fused-ring (bicyclic) bond motifs is 3. The van der Waals surface area contributed by atoms with Crippen molar-refractivity contribution in [2.24, 2.45) is 4.99 Å². The normalized spacial score (nSPS) is 37.4. The number of hydrogen-bond donors (Lipinski definition) is 3. The number of aliphatic hydroxyl groups excluding tert-OH is 1. The fourth-order valence-corrected chi connectivity index (χ4v) is 7.26. The minimum Gasteiger partial charge on any atom is -0.504 e. The van der Waals surface area contributed by atoms with E-state index in [0.717, 1.165) is 39.5 Å². The molecule has 5 heterocycles. The number of carbonyl (C=O) groups excluding carboxylic acids is 1. The second-order valence-corrected chi connectivity index (χ2v) is 8.87. The number of carbonyl (C=O) groups is 1. The van der Waals surface area contributed by atoms with Gasteiger partial charge in [-0.15, -0.1) is 11.8 Å². The summed E-state index contributed by atoms with van der Waals surface area (Å²) in [6.07, 6.45) is 4.32. The number of nitrogens with one attached hydrogen (secondary N) is 1. The molecule has 7 heteroatoms. The standard InChI is InChI=1S/C18H13N3O3S/c22-7-3-8-18-4-9(25-8)20-13-11(18)15-10-6(5-19-12(10)16(13)23)1-2-21(15)14(7)17(18)24/h3,5,9,14,17,24H,1-2,4H2,(H,19,20,23)/p+1/t9-,14?,17+,18?/m0/s1. The molecule has 0 saturated carbocycles. The van der Waals surface area contributed by atoms with Crippen LogP contribution in [0.3, 0.4) is 0 Å². The van der Waals surface area contributed by atoms with Crippen LogP contribution in [0, 0.1) is 0 Å². The Morgan fingerprint density at radius 1 is 1.44 bits per heavy atom. The van der Waals surface area contributed by atoms with Crippen molar-refractivity contribution in [1.82, 2.24) is 4.58 Å². The minimum atomic E-state index is -0.771. The monoisotopic (exact) mass is 352 g/mol. The maximum atomic E-state index is 12.8. The lowest BCUT2D eigenvalue weighted by atomic mass is 9.62. The first-order chi connectivity index (χ1) is 12.1. The number of anilines is 1. The van der Waals surface area contributed by atoms with E-state index in [4.69, 9.17) is 0 Å². The third kappa shape index (κ3) is 1.15. The van der Waals surface area contributed by atoms with Crippen molar-refractivity contribution >= 4 is 40.7 Å². The second kappa shape index (κ2) is 3.68. The lowest BCUT2D eigenvalue weighted by Gasteiger charge is -2.45. The van der Waals surface area contributed by atoms with Crippen molar-refractivity contribution < 1.29 is 15.0 Å². The van der Waals surface area contributed by atoms with Gasteiger partial charge in [-0.1, -0.05) is 0 Å². The van der Waals surface area contributed by atoms with Crippen LogP contribution in [0.5, 0.6) is 5.75 Å². The van der Waals surface area contributed by atoms with Crippen molar-refractivity contribution in [3.63, 3.8) is 0 Å². The highest BCUT2D eigenvalue weighted by Crippen LogP contribution is 2.62. The second-order valence-electron chi connectivity index (χ2n) is 7.62. The first-order valence-corrected chi connectivity index (χ1v) is 9.47. The Hall–Kier alpha value is -2.12. The average Bonchev–Trinajstić information content (AvgIpc) is 3.13. The predicted octanol–water partition coefficient (Wildman–Crippen LogP) is -0.510. The number of ketones is 1. The van der Waals surface area contributed by atoms with E-state index in [2.05, 4.69) is 14.9 Å². The molecule has 4 atom stereocenters. The smallest absolute Gasteiger partial charge is 0.242 e. The highest BCUT2D eigenvalue weighted by Gasteiger charge is 2.66. The molecule has 3 bridgehead atoms. The van der Waals surface area contributed by atoms with E-state index in [1.807, 2.05) is 6.21 Å². The van der Waals surface area contributed by atoms with Crippen molar-refractivity contribution in [1.29, 1.82) is 0 Å². The van der Waals surface area contributed by atoms with Gasteiger partial charge >= 0.3 is 0 Å². The number of aliphatic hydroxyl groups is 1. The Morgan fingerprint density at radius 2 is 2.32 bits per heavy atom. The molecule has 1 aliphatic carbocycles. The van der Waals surface area contributed by atoms with Gasteiger partial charge in [0, 0.05) is 17.5 Å². The molecule has 1 fully saturated rings. The number of hydrogen-bond acceptors (Lipinski definition) is 6. The van der Waals surface area contributed by atoms with Gasteiger partial charge in [-0.2, -0.15) is 0 Å². The van der Waals surface area contributed by atoms with Gasteiger partial charge in [-0.05, 0) is 18.1 Å². The number of phenols is 1. The number of aliphatic imine (C=N–C) groups is 1. The van der Waals surface area contributed by atoms with Gasteiger partial charge in [0.15, 0.2) is 5.75 Å². The van der Waals surface area contributed by atoms with E-state index >= 15 is 0 Å². The third-order valence-corrected chi connectivity index (χ3v) is 7.98. The zero-order chi connectivity index (χ0) is 16.7. The molecule has 25 heavy (non-hydrogen) atoms. The summed E-state index contributed by atoms with van der Waals surface area (Å²) < 4.78 is 2.06. The fourth-order valence-electron chi connectivity index (χ4n) is 5.73. The summed E-state index contributed by atoms with van der Waals surface area (Å²) in [6.45, 7) is 0.689. The van der Waals surface area contributed by atoms with Gasteiger partial charge in [-0.3, -0.25) is 9.79 Å². The van der Waals surface area contributed by atoms with E-state index in [9.17, 15) is 15.0 Å². The molecule has 124 valence electrons. The molecule has 7 rings (SSSR count). The Balaban J connectivity index is 1.82. The van der Waals surface area contributed by atoms with E-state index in [0.29, 0.717) is 17.9 Å². The molecule has 6 aliphatic rings. The maximum Gasteiger partial charge on any atom is 0.242 e. The van der Waals surface area contributed by atoms with Crippen LogP contribution in [0.15, 0.2) is 16.0 Å². The molecule has 3 N–H and O–H groups in total. The lowest BCUT2D eigenvalue weighted by Crippen LogP contribution is -2.70. The summed E-state index contributed by atoms with van der Waals surface area (Å²) >= 11 is 1.61. The molecule has 6 nitrogen and oxygen atoms in total. The minimum absolute atomic E-state index is 0.00966. The van der Waals surface area contributed by atoms with E-state index < -0.39 is 17.6 Å². The van der Waals surface area contributed by atoms with Crippen LogP contribution in [-0.2, 0) is 10.2 Å². The summed E-state index contributed by atoms with van der Waals surface area (Å²) in [5.74, 6) is 0.167. The fraction of sp³-hybridized carbons (Fsp3) is 0.389. The number of phenolic OH excluding ortho intramolecular Hbond substituents is 1.